The molecular formula is C22H26Cl2N2O2S. The van der Waals surface area contributed by atoms with E-state index in [0.29, 0.717) is 22.3 Å². The number of rotatable bonds is 9. The highest BCUT2D eigenvalue weighted by molar-refractivity contribution is 7.99. The summed E-state index contributed by atoms with van der Waals surface area (Å²) < 4.78 is 0. The summed E-state index contributed by atoms with van der Waals surface area (Å²) in [6.45, 7) is 5.91. The fourth-order valence-corrected chi connectivity index (χ4v) is 3.82. The van der Waals surface area contributed by atoms with E-state index >= 15 is 0 Å². The highest BCUT2D eigenvalue weighted by Gasteiger charge is 2.26. The maximum Gasteiger partial charge on any atom is 0.242 e. The zero-order valence-corrected chi connectivity index (χ0v) is 19.2. The summed E-state index contributed by atoms with van der Waals surface area (Å²) in [5.74, 6) is 0.745. The molecule has 0 aromatic heterocycles. The highest BCUT2D eigenvalue weighted by Crippen LogP contribution is 2.18. The standard InChI is InChI=1S/C22H26Cl2N2O2S/c1-15(2)25-22(28)16(3)26(12-17-4-8-19(23)9-5-17)21(27)14-29-13-18-6-10-20(24)11-7-18/h4-11,15-16H,12-14H2,1-3H3,(H,25,28)/t16-/m1/s1. The molecule has 7 heteroatoms. The van der Waals surface area contributed by atoms with Gasteiger partial charge in [0.2, 0.25) is 11.8 Å². The van der Waals surface area contributed by atoms with Crippen molar-refractivity contribution in [2.45, 2.75) is 45.2 Å². The third-order valence-corrected chi connectivity index (χ3v) is 5.76. The predicted molar refractivity (Wildman–Crippen MR) is 122 cm³/mol. The molecule has 0 saturated carbocycles. The minimum atomic E-state index is -0.572. The number of amides is 2. The molecule has 4 nitrogen and oxygen atoms in total. The van der Waals surface area contributed by atoms with Gasteiger partial charge in [-0.3, -0.25) is 9.59 Å². The van der Waals surface area contributed by atoms with Crippen molar-refractivity contribution >= 4 is 46.8 Å². The Morgan fingerprint density at radius 3 is 1.97 bits per heavy atom. The van der Waals surface area contributed by atoms with Crippen molar-refractivity contribution in [2.24, 2.45) is 0 Å². The van der Waals surface area contributed by atoms with Crippen LogP contribution in [0.15, 0.2) is 48.5 Å². The Hall–Kier alpha value is -1.69. The van der Waals surface area contributed by atoms with Gasteiger partial charge in [0, 0.05) is 28.4 Å². The first-order valence-corrected chi connectivity index (χ1v) is 11.3. The number of hydrogen-bond donors (Lipinski definition) is 1. The van der Waals surface area contributed by atoms with Crippen molar-refractivity contribution in [1.82, 2.24) is 10.2 Å². The zero-order valence-electron chi connectivity index (χ0n) is 16.8. The van der Waals surface area contributed by atoms with Crippen LogP contribution >= 0.6 is 35.0 Å². The third kappa shape index (κ3) is 7.92. The van der Waals surface area contributed by atoms with E-state index in [4.69, 9.17) is 23.2 Å². The van der Waals surface area contributed by atoms with E-state index in [0.717, 1.165) is 11.1 Å². The molecule has 2 aromatic carbocycles. The van der Waals surface area contributed by atoms with Crippen LogP contribution < -0.4 is 5.32 Å². The van der Waals surface area contributed by atoms with Crippen molar-refractivity contribution in [3.8, 4) is 0 Å². The van der Waals surface area contributed by atoms with Gasteiger partial charge in [-0.15, -0.1) is 11.8 Å². The fourth-order valence-electron chi connectivity index (χ4n) is 2.69. The van der Waals surface area contributed by atoms with Crippen LogP contribution in [-0.2, 0) is 21.9 Å². The van der Waals surface area contributed by atoms with Gasteiger partial charge in [-0.05, 0) is 56.2 Å². The van der Waals surface area contributed by atoms with Gasteiger partial charge < -0.3 is 10.2 Å². The van der Waals surface area contributed by atoms with E-state index in [1.165, 1.54) is 11.8 Å². The Labute approximate surface area is 187 Å². The molecule has 0 radical (unpaired) electrons. The normalized spacial score (nSPS) is 11.9. The van der Waals surface area contributed by atoms with E-state index in [2.05, 4.69) is 5.32 Å². The average Bonchev–Trinajstić information content (AvgIpc) is 2.68. The molecule has 0 saturated heterocycles. The molecule has 2 rings (SSSR count). The first kappa shape index (κ1) is 23.6. The van der Waals surface area contributed by atoms with Crippen molar-refractivity contribution in [3.05, 3.63) is 69.7 Å². The second-order valence-electron chi connectivity index (χ2n) is 7.11. The van der Waals surface area contributed by atoms with Gasteiger partial charge in [0.15, 0.2) is 0 Å². The summed E-state index contributed by atoms with van der Waals surface area (Å²) in [5.41, 5.74) is 2.02. The van der Waals surface area contributed by atoms with Gasteiger partial charge in [0.1, 0.15) is 6.04 Å². The van der Waals surface area contributed by atoms with Crippen molar-refractivity contribution in [2.75, 3.05) is 5.75 Å². The van der Waals surface area contributed by atoms with Crippen LogP contribution in [0.1, 0.15) is 31.9 Å². The van der Waals surface area contributed by atoms with Gasteiger partial charge in [-0.25, -0.2) is 0 Å². The van der Waals surface area contributed by atoms with Crippen LogP contribution in [-0.4, -0.2) is 34.6 Å². The molecule has 0 unspecified atom stereocenters. The molecule has 0 heterocycles. The molecule has 1 atom stereocenters. The minimum absolute atomic E-state index is 0.0108. The molecule has 156 valence electrons. The smallest absolute Gasteiger partial charge is 0.242 e. The van der Waals surface area contributed by atoms with Gasteiger partial charge in [0.25, 0.3) is 0 Å². The number of halogens is 2. The summed E-state index contributed by atoms with van der Waals surface area (Å²) in [4.78, 5) is 27.1. The summed E-state index contributed by atoms with van der Waals surface area (Å²) in [6.07, 6.45) is 0. The number of carbonyl (C=O) groups excluding carboxylic acids is 2. The number of benzene rings is 2. The van der Waals surface area contributed by atoms with Crippen LogP contribution in [0.2, 0.25) is 10.0 Å². The Balaban J connectivity index is 2.05. The largest absolute Gasteiger partial charge is 0.352 e. The molecular weight excluding hydrogens is 427 g/mol. The molecule has 0 spiro atoms. The van der Waals surface area contributed by atoms with Gasteiger partial charge in [-0.2, -0.15) is 0 Å². The van der Waals surface area contributed by atoms with Crippen LogP contribution in [0.25, 0.3) is 0 Å². The number of carbonyl (C=O) groups is 2. The Bertz CT molecular complexity index is 811. The molecule has 0 aliphatic heterocycles. The Morgan fingerprint density at radius 1 is 0.931 bits per heavy atom. The molecule has 29 heavy (non-hydrogen) atoms. The zero-order chi connectivity index (χ0) is 21.4. The highest BCUT2D eigenvalue weighted by atomic mass is 35.5. The molecule has 0 fully saturated rings. The summed E-state index contributed by atoms with van der Waals surface area (Å²) >= 11 is 13.4. The molecule has 0 aliphatic rings. The molecule has 0 bridgehead atoms. The molecule has 1 N–H and O–H groups in total. The van der Waals surface area contributed by atoms with Crippen LogP contribution in [0.5, 0.6) is 0 Å². The first-order valence-electron chi connectivity index (χ1n) is 9.42. The SMILES string of the molecule is CC(C)NC(=O)[C@@H](C)N(Cc1ccc(Cl)cc1)C(=O)CSCc1ccc(Cl)cc1. The minimum Gasteiger partial charge on any atom is -0.352 e. The topological polar surface area (TPSA) is 49.4 Å². The van der Waals surface area contributed by atoms with Gasteiger partial charge >= 0.3 is 0 Å². The lowest BCUT2D eigenvalue weighted by Gasteiger charge is -2.29. The van der Waals surface area contributed by atoms with Gasteiger partial charge in [-0.1, -0.05) is 47.5 Å². The molecule has 0 aliphatic carbocycles. The van der Waals surface area contributed by atoms with Crippen molar-refractivity contribution in [3.63, 3.8) is 0 Å². The van der Waals surface area contributed by atoms with Crippen LogP contribution in [0, 0.1) is 0 Å². The quantitative estimate of drug-likeness (QED) is 0.570. The first-order chi connectivity index (χ1) is 13.8. The Morgan fingerprint density at radius 2 is 1.45 bits per heavy atom. The van der Waals surface area contributed by atoms with E-state index in [1.54, 1.807) is 24.0 Å². The second-order valence-corrected chi connectivity index (χ2v) is 8.97. The molecule has 2 aromatic rings. The third-order valence-electron chi connectivity index (χ3n) is 4.27. The van der Waals surface area contributed by atoms with E-state index in [9.17, 15) is 9.59 Å². The van der Waals surface area contributed by atoms with E-state index in [1.807, 2.05) is 50.2 Å². The number of hydrogen-bond acceptors (Lipinski definition) is 3. The maximum absolute atomic E-state index is 13.0. The predicted octanol–water partition coefficient (Wildman–Crippen LogP) is 5.17. The van der Waals surface area contributed by atoms with Crippen LogP contribution in [0.4, 0.5) is 0 Å². The maximum atomic E-state index is 13.0. The van der Waals surface area contributed by atoms with Gasteiger partial charge in [0.05, 0.1) is 5.75 Å². The van der Waals surface area contributed by atoms with Crippen LogP contribution in [0.3, 0.4) is 0 Å². The summed E-state index contributed by atoms with van der Waals surface area (Å²) in [7, 11) is 0. The average molecular weight is 453 g/mol. The number of nitrogens with one attached hydrogen (secondary N) is 1. The summed E-state index contributed by atoms with van der Waals surface area (Å²) in [5, 5.41) is 4.21. The van der Waals surface area contributed by atoms with Crippen molar-refractivity contribution < 1.29 is 9.59 Å². The lowest BCUT2D eigenvalue weighted by Crippen LogP contribution is -2.49. The number of nitrogens with zero attached hydrogens (tertiary/aromatic N) is 1. The summed E-state index contributed by atoms with van der Waals surface area (Å²) in [6, 6.07) is 14.3. The fraction of sp³-hybridized carbons (Fsp3) is 0.364. The van der Waals surface area contributed by atoms with Crippen molar-refractivity contribution in [1.29, 1.82) is 0 Å². The lowest BCUT2D eigenvalue weighted by atomic mass is 10.1. The van der Waals surface area contributed by atoms with E-state index in [-0.39, 0.29) is 23.6 Å². The lowest BCUT2D eigenvalue weighted by molar-refractivity contribution is -0.138. The monoisotopic (exact) mass is 452 g/mol. The number of thioether (sulfide) groups is 1. The van der Waals surface area contributed by atoms with E-state index < -0.39 is 6.04 Å². The molecule has 2 amide bonds. The Kier molecular flexibility index (Phi) is 9.34. The second kappa shape index (κ2) is 11.5.